The van der Waals surface area contributed by atoms with Crippen LogP contribution in [0.25, 0.3) is 10.4 Å². The number of rotatable bonds is 4. The second-order valence-electron chi connectivity index (χ2n) is 3.57. The minimum Gasteiger partial charge on any atom is -0.493 e. The van der Waals surface area contributed by atoms with Gasteiger partial charge >= 0.3 is 0 Å². The lowest BCUT2D eigenvalue weighted by molar-refractivity contribution is 0.100. The first kappa shape index (κ1) is 12.4. The summed E-state index contributed by atoms with van der Waals surface area (Å²) in [5.74, 6) is 0.884. The Morgan fingerprint density at radius 1 is 1.17 bits per heavy atom. The van der Waals surface area contributed by atoms with Crippen molar-refractivity contribution in [2.75, 3.05) is 14.2 Å². The molecular formula is C13H13NO3S. The van der Waals surface area contributed by atoms with E-state index in [1.807, 2.05) is 24.3 Å². The number of ether oxygens (including phenoxy) is 2. The lowest BCUT2D eigenvalue weighted by Gasteiger charge is -2.11. The van der Waals surface area contributed by atoms with Crippen LogP contribution in [0.3, 0.4) is 0 Å². The zero-order valence-electron chi connectivity index (χ0n) is 10.1. The summed E-state index contributed by atoms with van der Waals surface area (Å²) in [6.07, 6.45) is 0. The predicted molar refractivity (Wildman–Crippen MR) is 71.4 cm³/mol. The number of para-hydroxylation sites is 1. The summed E-state index contributed by atoms with van der Waals surface area (Å²) in [7, 11) is 3.18. The molecule has 0 aliphatic heterocycles. The highest BCUT2D eigenvalue weighted by Gasteiger charge is 2.14. The maximum Gasteiger partial charge on any atom is 0.258 e. The Bertz CT molecular complexity index is 577. The number of nitrogens with two attached hydrogens (primary N) is 1. The molecule has 0 saturated carbocycles. The molecule has 5 heteroatoms. The molecular weight excluding hydrogens is 250 g/mol. The van der Waals surface area contributed by atoms with Crippen molar-refractivity contribution in [3.8, 4) is 21.9 Å². The predicted octanol–water partition coefficient (Wildman–Crippen LogP) is 2.53. The third-order valence-corrected chi connectivity index (χ3v) is 3.65. The normalized spacial score (nSPS) is 10.1. The van der Waals surface area contributed by atoms with Crippen LogP contribution in [0.4, 0.5) is 0 Å². The highest BCUT2D eigenvalue weighted by atomic mass is 32.1. The van der Waals surface area contributed by atoms with E-state index in [-0.39, 0.29) is 0 Å². The average molecular weight is 263 g/mol. The SMILES string of the molecule is COc1cccc(-c2ccc(C(N)=O)s2)c1OC. The zero-order valence-corrected chi connectivity index (χ0v) is 10.9. The zero-order chi connectivity index (χ0) is 13.1. The second kappa shape index (κ2) is 5.10. The van der Waals surface area contributed by atoms with Crippen molar-refractivity contribution in [2.45, 2.75) is 0 Å². The molecule has 0 saturated heterocycles. The van der Waals surface area contributed by atoms with Crippen LogP contribution in [0.2, 0.25) is 0 Å². The van der Waals surface area contributed by atoms with E-state index >= 15 is 0 Å². The summed E-state index contributed by atoms with van der Waals surface area (Å²) in [5, 5.41) is 0. The Labute approximate surface area is 109 Å². The summed E-state index contributed by atoms with van der Waals surface area (Å²) in [5.41, 5.74) is 6.13. The number of thiophene rings is 1. The summed E-state index contributed by atoms with van der Waals surface area (Å²) < 4.78 is 10.6. The highest BCUT2D eigenvalue weighted by Crippen LogP contribution is 2.40. The van der Waals surface area contributed by atoms with E-state index in [0.29, 0.717) is 16.4 Å². The average Bonchev–Trinajstić information content (AvgIpc) is 2.87. The molecule has 18 heavy (non-hydrogen) atoms. The van der Waals surface area contributed by atoms with Crippen LogP contribution in [-0.4, -0.2) is 20.1 Å². The molecule has 94 valence electrons. The number of hydrogen-bond donors (Lipinski definition) is 1. The number of hydrogen-bond acceptors (Lipinski definition) is 4. The first-order valence-electron chi connectivity index (χ1n) is 5.28. The van der Waals surface area contributed by atoms with Gasteiger partial charge in [-0.05, 0) is 24.3 Å². The van der Waals surface area contributed by atoms with Gasteiger partial charge in [0.1, 0.15) is 0 Å². The van der Waals surface area contributed by atoms with Crippen molar-refractivity contribution in [1.29, 1.82) is 0 Å². The van der Waals surface area contributed by atoms with E-state index in [9.17, 15) is 4.79 Å². The Balaban J connectivity index is 2.52. The van der Waals surface area contributed by atoms with E-state index in [0.717, 1.165) is 10.4 Å². The largest absolute Gasteiger partial charge is 0.493 e. The number of methoxy groups -OCH3 is 2. The monoisotopic (exact) mass is 263 g/mol. The van der Waals surface area contributed by atoms with Crippen LogP contribution in [0.5, 0.6) is 11.5 Å². The molecule has 4 nitrogen and oxygen atoms in total. The van der Waals surface area contributed by atoms with Crippen molar-refractivity contribution >= 4 is 17.2 Å². The van der Waals surface area contributed by atoms with E-state index in [1.165, 1.54) is 11.3 Å². The lowest BCUT2D eigenvalue weighted by atomic mass is 10.1. The minimum absolute atomic E-state index is 0.423. The minimum atomic E-state index is -0.423. The van der Waals surface area contributed by atoms with Gasteiger partial charge in [0.2, 0.25) is 0 Å². The Kier molecular flexibility index (Phi) is 3.53. The van der Waals surface area contributed by atoms with Crippen molar-refractivity contribution in [3.05, 3.63) is 35.2 Å². The molecule has 0 fully saturated rings. The van der Waals surface area contributed by atoms with Crippen molar-refractivity contribution < 1.29 is 14.3 Å². The van der Waals surface area contributed by atoms with Gasteiger partial charge in [-0.3, -0.25) is 4.79 Å². The van der Waals surface area contributed by atoms with Gasteiger partial charge < -0.3 is 15.2 Å². The number of carbonyl (C=O) groups excluding carboxylic acids is 1. The maximum atomic E-state index is 11.1. The van der Waals surface area contributed by atoms with Crippen LogP contribution in [0.15, 0.2) is 30.3 Å². The molecule has 0 aliphatic carbocycles. The highest BCUT2D eigenvalue weighted by molar-refractivity contribution is 7.17. The summed E-state index contributed by atoms with van der Waals surface area (Å²) in [4.78, 5) is 12.5. The van der Waals surface area contributed by atoms with Gasteiger partial charge in [-0.15, -0.1) is 11.3 Å². The molecule has 1 aromatic heterocycles. The molecule has 2 aromatic rings. The molecule has 0 aliphatic rings. The first-order valence-corrected chi connectivity index (χ1v) is 6.10. The van der Waals surface area contributed by atoms with E-state index in [1.54, 1.807) is 20.3 Å². The Morgan fingerprint density at radius 3 is 2.50 bits per heavy atom. The third-order valence-electron chi connectivity index (χ3n) is 2.52. The standard InChI is InChI=1S/C13H13NO3S/c1-16-9-5-3-4-8(12(9)17-2)10-6-7-11(18-10)13(14)15/h3-7H,1-2H3,(H2,14,15). The smallest absolute Gasteiger partial charge is 0.258 e. The molecule has 0 radical (unpaired) electrons. The van der Waals surface area contributed by atoms with Gasteiger partial charge in [-0.2, -0.15) is 0 Å². The lowest BCUT2D eigenvalue weighted by Crippen LogP contribution is -2.07. The molecule has 1 amide bonds. The van der Waals surface area contributed by atoms with Gasteiger partial charge in [0.25, 0.3) is 5.91 Å². The van der Waals surface area contributed by atoms with E-state index in [4.69, 9.17) is 15.2 Å². The molecule has 0 unspecified atom stereocenters. The van der Waals surface area contributed by atoms with Crippen LogP contribution in [0, 0.1) is 0 Å². The fourth-order valence-electron chi connectivity index (χ4n) is 1.70. The summed E-state index contributed by atoms with van der Waals surface area (Å²) >= 11 is 1.33. The maximum absolute atomic E-state index is 11.1. The Morgan fingerprint density at radius 2 is 1.94 bits per heavy atom. The summed E-state index contributed by atoms with van der Waals surface area (Å²) in [6, 6.07) is 9.17. The molecule has 2 N–H and O–H groups in total. The van der Waals surface area contributed by atoms with Crippen molar-refractivity contribution in [2.24, 2.45) is 5.73 Å². The second-order valence-corrected chi connectivity index (χ2v) is 4.65. The van der Waals surface area contributed by atoms with Crippen LogP contribution >= 0.6 is 11.3 Å². The molecule has 0 atom stereocenters. The van der Waals surface area contributed by atoms with E-state index in [2.05, 4.69) is 0 Å². The Hall–Kier alpha value is -2.01. The molecule has 2 rings (SSSR count). The van der Waals surface area contributed by atoms with Crippen molar-refractivity contribution in [3.63, 3.8) is 0 Å². The van der Waals surface area contributed by atoms with Gasteiger partial charge in [0.15, 0.2) is 11.5 Å². The molecule has 1 heterocycles. The van der Waals surface area contributed by atoms with Crippen LogP contribution in [-0.2, 0) is 0 Å². The third kappa shape index (κ3) is 2.17. The van der Waals surface area contributed by atoms with Gasteiger partial charge in [0, 0.05) is 10.4 Å². The molecule has 0 spiro atoms. The fraction of sp³-hybridized carbons (Fsp3) is 0.154. The number of benzene rings is 1. The van der Waals surface area contributed by atoms with E-state index < -0.39 is 5.91 Å². The number of amides is 1. The molecule has 0 bridgehead atoms. The quantitative estimate of drug-likeness (QED) is 0.922. The number of carbonyl (C=O) groups is 1. The number of primary amides is 1. The first-order chi connectivity index (χ1) is 8.67. The van der Waals surface area contributed by atoms with Crippen LogP contribution < -0.4 is 15.2 Å². The van der Waals surface area contributed by atoms with Gasteiger partial charge in [0.05, 0.1) is 19.1 Å². The molecule has 1 aromatic carbocycles. The summed E-state index contributed by atoms with van der Waals surface area (Å²) in [6.45, 7) is 0. The van der Waals surface area contributed by atoms with Crippen LogP contribution in [0.1, 0.15) is 9.67 Å². The van der Waals surface area contributed by atoms with Gasteiger partial charge in [-0.25, -0.2) is 0 Å². The van der Waals surface area contributed by atoms with Gasteiger partial charge in [-0.1, -0.05) is 6.07 Å². The topological polar surface area (TPSA) is 61.5 Å². The fourth-order valence-corrected chi connectivity index (χ4v) is 2.58. The van der Waals surface area contributed by atoms with Crippen molar-refractivity contribution in [1.82, 2.24) is 0 Å².